The van der Waals surface area contributed by atoms with Crippen molar-refractivity contribution in [2.45, 2.75) is 23.8 Å². The van der Waals surface area contributed by atoms with Crippen LogP contribution in [-0.4, -0.2) is 42.7 Å². The number of ether oxygens (including phenoxy) is 1. The minimum atomic E-state index is -3.89. The summed E-state index contributed by atoms with van der Waals surface area (Å²) in [4.78, 5) is 35.4. The van der Waals surface area contributed by atoms with Crippen molar-refractivity contribution in [2.24, 2.45) is 0 Å². The van der Waals surface area contributed by atoms with Crippen molar-refractivity contribution < 1.29 is 27.7 Å². The summed E-state index contributed by atoms with van der Waals surface area (Å²) >= 11 is 0. The normalized spacial score (nSPS) is 15.5. The number of hydrogen-bond donors (Lipinski definition) is 1. The van der Waals surface area contributed by atoms with E-state index in [-0.39, 0.29) is 29.2 Å². The molecule has 0 radical (unpaired) electrons. The standard InChI is InChI=1S/C25H23N3O7S/c29-24(26-19-8-6-9-20(15-19)28(31)32)17-35-25(30)16-23-22-12-5-4-7-18(22)13-14-27(23)36(33,34)21-10-2-1-3-11-21/h1-12,15,23H,13-14,16-17H2,(H,26,29). The highest BCUT2D eigenvalue weighted by atomic mass is 32.2. The maximum atomic E-state index is 13.4. The molecule has 3 aromatic rings. The molecule has 186 valence electrons. The minimum Gasteiger partial charge on any atom is -0.456 e. The van der Waals surface area contributed by atoms with E-state index in [0.717, 1.165) is 5.56 Å². The summed E-state index contributed by atoms with van der Waals surface area (Å²) < 4.78 is 33.2. The van der Waals surface area contributed by atoms with Crippen LogP contribution in [-0.2, 0) is 30.8 Å². The molecule has 1 N–H and O–H groups in total. The van der Waals surface area contributed by atoms with Crippen LogP contribution in [0, 0.1) is 10.1 Å². The fourth-order valence-electron chi connectivity index (χ4n) is 4.11. The second-order valence-corrected chi connectivity index (χ2v) is 10.0. The lowest BCUT2D eigenvalue weighted by Gasteiger charge is -2.36. The van der Waals surface area contributed by atoms with E-state index >= 15 is 0 Å². The molecule has 0 spiro atoms. The third kappa shape index (κ3) is 5.58. The number of non-ortho nitro benzene ring substituents is 1. The molecule has 11 heteroatoms. The highest BCUT2D eigenvalue weighted by Gasteiger charge is 2.37. The summed E-state index contributed by atoms with van der Waals surface area (Å²) in [6, 6.07) is 19.9. The summed E-state index contributed by atoms with van der Waals surface area (Å²) in [6.45, 7) is -0.430. The van der Waals surface area contributed by atoms with E-state index in [0.29, 0.717) is 12.0 Å². The van der Waals surface area contributed by atoms with Crippen molar-refractivity contribution >= 4 is 33.3 Å². The molecule has 0 saturated heterocycles. The fraction of sp³-hybridized carbons (Fsp3) is 0.200. The molecule has 1 heterocycles. The van der Waals surface area contributed by atoms with Crippen LogP contribution in [0.25, 0.3) is 0 Å². The number of carbonyl (C=O) groups excluding carboxylic acids is 2. The fourth-order valence-corrected chi connectivity index (χ4v) is 5.74. The van der Waals surface area contributed by atoms with Crippen LogP contribution in [0.3, 0.4) is 0 Å². The highest BCUT2D eigenvalue weighted by Crippen LogP contribution is 2.36. The molecule has 36 heavy (non-hydrogen) atoms. The number of rotatable bonds is 8. The zero-order valence-electron chi connectivity index (χ0n) is 19.1. The van der Waals surface area contributed by atoms with Crippen LogP contribution in [0.15, 0.2) is 83.8 Å². The second kappa shape index (κ2) is 10.7. The first kappa shape index (κ1) is 25.0. The van der Waals surface area contributed by atoms with Crippen molar-refractivity contribution in [3.05, 3.63) is 100 Å². The van der Waals surface area contributed by atoms with E-state index in [4.69, 9.17) is 4.74 Å². The molecule has 3 aromatic carbocycles. The summed E-state index contributed by atoms with van der Waals surface area (Å²) in [5.41, 5.74) is 1.64. The molecule has 0 aromatic heterocycles. The molecule has 1 amide bonds. The third-order valence-electron chi connectivity index (χ3n) is 5.78. The van der Waals surface area contributed by atoms with Gasteiger partial charge in [-0.2, -0.15) is 4.31 Å². The number of amides is 1. The summed E-state index contributed by atoms with van der Waals surface area (Å²) in [5.74, 6) is -1.43. The molecule has 1 aliphatic heterocycles. The van der Waals surface area contributed by atoms with Crippen molar-refractivity contribution in [1.82, 2.24) is 4.31 Å². The maximum absolute atomic E-state index is 13.4. The molecule has 1 atom stereocenters. The number of hydrogen-bond acceptors (Lipinski definition) is 7. The summed E-state index contributed by atoms with van der Waals surface area (Å²) in [7, 11) is -3.89. The number of carbonyl (C=O) groups is 2. The number of anilines is 1. The summed E-state index contributed by atoms with van der Waals surface area (Å²) in [6.07, 6.45) is 0.215. The van der Waals surface area contributed by atoms with Crippen molar-refractivity contribution in [1.29, 1.82) is 0 Å². The average molecular weight is 510 g/mol. The first-order chi connectivity index (χ1) is 17.3. The Balaban J connectivity index is 1.47. The second-order valence-electron chi connectivity index (χ2n) is 8.11. The van der Waals surface area contributed by atoms with Gasteiger partial charge in [-0.15, -0.1) is 0 Å². The number of nitrogens with one attached hydrogen (secondary N) is 1. The smallest absolute Gasteiger partial charge is 0.308 e. The SMILES string of the molecule is O=C(COC(=O)CC1c2ccccc2CCN1S(=O)(=O)c1ccccc1)Nc1cccc([N+](=O)[O-])c1. The van der Waals surface area contributed by atoms with Gasteiger partial charge in [0.15, 0.2) is 6.61 Å². The quantitative estimate of drug-likeness (QED) is 0.279. The number of benzene rings is 3. The van der Waals surface area contributed by atoms with Crippen LogP contribution >= 0.6 is 0 Å². The van der Waals surface area contributed by atoms with E-state index in [1.807, 2.05) is 12.1 Å². The molecule has 0 bridgehead atoms. The van der Waals surface area contributed by atoms with Crippen LogP contribution < -0.4 is 5.32 Å². The monoisotopic (exact) mass is 509 g/mol. The van der Waals surface area contributed by atoms with E-state index in [1.54, 1.807) is 30.3 Å². The molecule has 0 aliphatic carbocycles. The zero-order valence-corrected chi connectivity index (χ0v) is 19.9. The lowest BCUT2D eigenvalue weighted by molar-refractivity contribution is -0.384. The number of nitro benzene ring substituents is 1. The number of nitro groups is 1. The van der Waals surface area contributed by atoms with Crippen LogP contribution in [0.4, 0.5) is 11.4 Å². The number of esters is 1. The van der Waals surface area contributed by atoms with Gasteiger partial charge in [-0.1, -0.05) is 48.5 Å². The van der Waals surface area contributed by atoms with Crippen LogP contribution in [0.1, 0.15) is 23.6 Å². The van der Waals surface area contributed by atoms with Crippen molar-refractivity contribution in [3.8, 4) is 0 Å². The predicted molar refractivity (Wildman–Crippen MR) is 131 cm³/mol. The Labute approximate surface area is 207 Å². The highest BCUT2D eigenvalue weighted by molar-refractivity contribution is 7.89. The van der Waals surface area contributed by atoms with E-state index in [1.165, 1.54) is 40.7 Å². The van der Waals surface area contributed by atoms with Gasteiger partial charge in [-0.05, 0) is 35.7 Å². The van der Waals surface area contributed by atoms with E-state index in [2.05, 4.69) is 5.32 Å². The first-order valence-corrected chi connectivity index (χ1v) is 12.5. The Hall–Kier alpha value is -4.09. The van der Waals surface area contributed by atoms with Crippen LogP contribution in [0.2, 0.25) is 0 Å². The van der Waals surface area contributed by atoms with Gasteiger partial charge < -0.3 is 10.1 Å². The van der Waals surface area contributed by atoms with Gasteiger partial charge in [0.2, 0.25) is 10.0 Å². The third-order valence-corrected chi connectivity index (χ3v) is 7.70. The van der Waals surface area contributed by atoms with Gasteiger partial charge in [0, 0.05) is 24.4 Å². The molecular weight excluding hydrogens is 486 g/mol. The van der Waals surface area contributed by atoms with E-state index in [9.17, 15) is 28.1 Å². The topological polar surface area (TPSA) is 136 Å². The van der Waals surface area contributed by atoms with Gasteiger partial charge in [0.25, 0.3) is 11.6 Å². The van der Waals surface area contributed by atoms with Gasteiger partial charge in [0.05, 0.1) is 22.3 Å². The van der Waals surface area contributed by atoms with Gasteiger partial charge in [0.1, 0.15) is 0 Å². The predicted octanol–water partition coefficient (Wildman–Crippen LogP) is 3.45. The average Bonchev–Trinajstić information content (AvgIpc) is 2.88. The number of sulfonamides is 1. The van der Waals surface area contributed by atoms with Gasteiger partial charge in [-0.3, -0.25) is 19.7 Å². The Morgan fingerprint density at radius 3 is 2.50 bits per heavy atom. The van der Waals surface area contributed by atoms with E-state index < -0.39 is 39.5 Å². The Morgan fingerprint density at radius 2 is 1.75 bits per heavy atom. The zero-order chi connectivity index (χ0) is 25.7. The lowest BCUT2D eigenvalue weighted by Crippen LogP contribution is -2.41. The first-order valence-electron chi connectivity index (χ1n) is 11.1. The van der Waals surface area contributed by atoms with Crippen LogP contribution in [0.5, 0.6) is 0 Å². The maximum Gasteiger partial charge on any atom is 0.308 e. The summed E-state index contributed by atoms with van der Waals surface area (Å²) in [5, 5.41) is 13.3. The minimum absolute atomic E-state index is 0.124. The molecule has 1 aliphatic rings. The Bertz CT molecular complexity index is 1390. The lowest BCUT2D eigenvalue weighted by atomic mass is 9.92. The largest absolute Gasteiger partial charge is 0.456 e. The molecule has 0 saturated carbocycles. The van der Waals surface area contributed by atoms with Gasteiger partial charge >= 0.3 is 5.97 Å². The Kier molecular flexibility index (Phi) is 7.41. The van der Waals surface area contributed by atoms with Crippen molar-refractivity contribution in [2.75, 3.05) is 18.5 Å². The number of nitrogens with zero attached hydrogens (tertiary/aromatic N) is 2. The molecule has 0 fully saturated rings. The molecule has 10 nitrogen and oxygen atoms in total. The van der Waals surface area contributed by atoms with Crippen molar-refractivity contribution in [3.63, 3.8) is 0 Å². The molecule has 4 rings (SSSR count). The van der Waals surface area contributed by atoms with Gasteiger partial charge in [-0.25, -0.2) is 8.42 Å². The Morgan fingerprint density at radius 1 is 1.03 bits per heavy atom. The molecule has 1 unspecified atom stereocenters. The molecular formula is C25H23N3O7S. The number of fused-ring (bicyclic) bond motifs is 1.